The summed E-state index contributed by atoms with van der Waals surface area (Å²) >= 11 is 0. The highest BCUT2D eigenvalue weighted by Gasteiger charge is 2.44. The number of carbonyl (C=O) groups excluding carboxylic acids is 3. The largest absolute Gasteiger partial charge is 0.514 e. The second-order valence-corrected chi connectivity index (χ2v) is 11.9. The van der Waals surface area contributed by atoms with Gasteiger partial charge in [-0.25, -0.2) is 9.59 Å². The Morgan fingerprint density at radius 1 is 0.857 bits per heavy atom. The van der Waals surface area contributed by atoms with E-state index in [1.54, 1.807) is 41.5 Å². The molecule has 0 saturated carbocycles. The topological polar surface area (TPSA) is 161 Å². The monoisotopic (exact) mass is 595 g/mol. The molecule has 0 saturated heterocycles. The molecule has 0 aliphatic carbocycles. The first-order valence-electron chi connectivity index (χ1n) is 14.6. The zero-order chi connectivity index (χ0) is 32.3. The third kappa shape index (κ3) is 11.5. The maximum atomic E-state index is 12.6. The summed E-state index contributed by atoms with van der Waals surface area (Å²) in [6, 6.07) is 4.21. The van der Waals surface area contributed by atoms with Gasteiger partial charge in [0.2, 0.25) is 0 Å². The van der Waals surface area contributed by atoms with Crippen LogP contribution in [0.1, 0.15) is 106 Å². The molecule has 0 aliphatic heterocycles. The minimum absolute atomic E-state index is 0.137. The molecule has 1 aromatic rings. The highest BCUT2D eigenvalue weighted by Crippen LogP contribution is 2.33. The molecule has 0 heterocycles. The number of esters is 1. The molecule has 1 rings (SSSR count). The molecule has 1 aromatic carbocycles. The van der Waals surface area contributed by atoms with Gasteiger partial charge in [-0.2, -0.15) is 0 Å². The summed E-state index contributed by atoms with van der Waals surface area (Å²) in [4.78, 5) is 49.8. The molecule has 11 nitrogen and oxygen atoms in total. The normalized spacial score (nSPS) is 14.6. The van der Waals surface area contributed by atoms with Crippen LogP contribution in [0.15, 0.2) is 18.2 Å². The molecule has 0 aromatic heterocycles. The van der Waals surface area contributed by atoms with E-state index in [1.165, 1.54) is 18.2 Å². The predicted molar refractivity (Wildman–Crippen MR) is 157 cm³/mol. The Morgan fingerprint density at radius 2 is 1.38 bits per heavy atom. The minimum Gasteiger partial charge on any atom is -0.480 e. The van der Waals surface area contributed by atoms with Crippen molar-refractivity contribution in [2.75, 3.05) is 0 Å². The summed E-state index contributed by atoms with van der Waals surface area (Å²) < 4.78 is 27.0. The lowest BCUT2D eigenvalue weighted by atomic mass is 9.78. The molecular weight excluding hydrogens is 546 g/mol. The van der Waals surface area contributed by atoms with Crippen LogP contribution in [-0.2, 0) is 30.2 Å². The van der Waals surface area contributed by atoms with Crippen molar-refractivity contribution in [2.45, 2.75) is 130 Å². The van der Waals surface area contributed by atoms with Gasteiger partial charge in [0, 0.05) is 18.8 Å². The number of benzene rings is 1. The van der Waals surface area contributed by atoms with E-state index in [1.807, 2.05) is 20.8 Å². The maximum Gasteiger partial charge on any atom is 0.514 e. The lowest BCUT2D eigenvalue weighted by Crippen LogP contribution is -2.58. The average molecular weight is 596 g/mol. The minimum atomic E-state index is -1.86. The van der Waals surface area contributed by atoms with E-state index in [0.717, 1.165) is 12.8 Å². The Kier molecular flexibility index (Phi) is 13.8. The van der Waals surface area contributed by atoms with Crippen molar-refractivity contribution in [3.8, 4) is 11.5 Å². The van der Waals surface area contributed by atoms with Crippen molar-refractivity contribution in [3.05, 3.63) is 23.8 Å². The Hall–Kier alpha value is -3.34. The number of nitrogens with two attached hydrogens (primary N) is 1. The van der Waals surface area contributed by atoms with Crippen LogP contribution in [-0.4, -0.2) is 52.2 Å². The van der Waals surface area contributed by atoms with Crippen LogP contribution in [0.3, 0.4) is 0 Å². The summed E-state index contributed by atoms with van der Waals surface area (Å²) in [5, 5.41) is 10.1. The van der Waals surface area contributed by atoms with Crippen molar-refractivity contribution in [1.29, 1.82) is 0 Å². The van der Waals surface area contributed by atoms with Gasteiger partial charge in [0.1, 0.15) is 22.8 Å². The van der Waals surface area contributed by atoms with Gasteiger partial charge < -0.3 is 34.5 Å². The van der Waals surface area contributed by atoms with Crippen molar-refractivity contribution < 1.29 is 48.0 Å². The molecule has 0 fully saturated rings. The summed E-state index contributed by atoms with van der Waals surface area (Å²) in [5.74, 6) is -2.85. The zero-order valence-electron chi connectivity index (χ0n) is 26.5. The first-order chi connectivity index (χ1) is 19.4. The number of carbonyl (C=O) groups is 4. The number of carboxylic acids is 1. The van der Waals surface area contributed by atoms with Gasteiger partial charge in [0.15, 0.2) is 11.5 Å². The summed E-state index contributed by atoms with van der Waals surface area (Å²) in [5.41, 5.74) is 3.32. The first-order valence-corrected chi connectivity index (χ1v) is 14.6. The molecule has 0 radical (unpaired) electrons. The van der Waals surface area contributed by atoms with Gasteiger partial charge in [0.05, 0.1) is 0 Å². The molecule has 0 unspecified atom stereocenters. The number of ether oxygens (including phenoxy) is 5. The van der Waals surface area contributed by atoms with Gasteiger partial charge in [-0.3, -0.25) is 9.59 Å². The third-order valence-corrected chi connectivity index (χ3v) is 7.53. The summed E-state index contributed by atoms with van der Waals surface area (Å²) in [6.07, 6.45) is 0.731. The quantitative estimate of drug-likeness (QED) is 0.0920. The van der Waals surface area contributed by atoms with Gasteiger partial charge in [-0.1, -0.05) is 46.6 Å². The van der Waals surface area contributed by atoms with Crippen molar-refractivity contribution in [1.82, 2.24) is 0 Å². The van der Waals surface area contributed by atoms with E-state index < -0.39 is 53.0 Å². The van der Waals surface area contributed by atoms with Crippen LogP contribution in [0.5, 0.6) is 11.5 Å². The third-order valence-electron chi connectivity index (χ3n) is 7.53. The molecule has 0 aliphatic rings. The van der Waals surface area contributed by atoms with E-state index in [4.69, 9.17) is 29.4 Å². The number of rotatable bonds is 16. The number of hydrogen-bond donors (Lipinski definition) is 2. The number of aliphatic carboxylic acids is 1. The number of unbranched alkanes of at least 4 members (excludes halogenated alkanes) is 2. The lowest BCUT2D eigenvalue weighted by molar-refractivity contribution is -0.157. The van der Waals surface area contributed by atoms with E-state index in [0.29, 0.717) is 24.8 Å². The summed E-state index contributed by atoms with van der Waals surface area (Å²) in [7, 11) is 0. The fraction of sp³-hybridized carbons (Fsp3) is 0.677. The standard InChI is InChI=1S/C31H49NO10/c1-10-13-14-15-25(33)38-21(5)20(4)31(32,26(34)35)19-22-16-17-23(39-27(36)41-29(6,7)11-2)24(18-22)40-28(37)42-30(8,9)12-3/h16-18,20-21H,10-15,19,32H2,1-9H3,(H,34,35)/t20-,21+,31-/m1/s1. The fourth-order valence-electron chi connectivity index (χ4n) is 3.72. The van der Waals surface area contributed by atoms with Gasteiger partial charge in [-0.15, -0.1) is 0 Å². The zero-order valence-corrected chi connectivity index (χ0v) is 26.5. The van der Waals surface area contributed by atoms with E-state index >= 15 is 0 Å². The molecule has 3 atom stereocenters. The molecule has 0 bridgehead atoms. The van der Waals surface area contributed by atoms with Crippen molar-refractivity contribution >= 4 is 24.2 Å². The molecular formula is C31H49NO10. The van der Waals surface area contributed by atoms with Crippen molar-refractivity contribution in [2.24, 2.45) is 11.7 Å². The molecule has 238 valence electrons. The molecule has 0 amide bonds. The van der Waals surface area contributed by atoms with Gasteiger partial charge >= 0.3 is 24.2 Å². The van der Waals surface area contributed by atoms with Crippen LogP contribution in [0.25, 0.3) is 0 Å². The molecule has 11 heteroatoms. The average Bonchev–Trinajstić information content (AvgIpc) is 2.88. The highest BCUT2D eigenvalue weighted by atomic mass is 16.8. The van der Waals surface area contributed by atoms with E-state index in [-0.39, 0.29) is 24.3 Å². The smallest absolute Gasteiger partial charge is 0.480 e. The van der Waals surface area contributed by atoms with Crippen LogP contribution in [0, 0.1) is 5.92 Å². The second kappa shape index (κ2) is 15.8. The highest BCUT2D eigenvalue weighted by molar-refractivity contribution is 5.80. The lowest BCUT2D eigenvalue weighted by Gasteiger charge is -2.35. The Balaban J connectivity index is 3.31. The van der Waals surface area contributed by atoms with Crippen LogP contribution in [0.4, 0.5) is 9.59 Å². The van der Waals surface area contributed by atoms with Gasteiger partial charge in [-0.05, 0) is 71.6 Å². The second-order valence-electron chi connectivity index (χ2n) is 11.9. The Bertz CT molecular complexity index is 1080. The Morgan fingerprint density at radius 3 is 1.86 bits per heavy atom. The number of carboxylic acid groups (broad SMARTS) is 1. The predicted octanol–water partition coefficient (Wildman–Crippen LogP) is 6.57. The van der Waals surface area contributed by atoms with Crippen molar-refractivity contribution in [3.63, 3.8) is 0 Å². The summed E-state index contributed by atoms with van der Waals surface area (Å²) in [6.45, 7) is 15.8. The van der Waals surface area contributed by atoms with Gasteiger partial charge in [0.25, 0.3) is 0 Å². The van der Waals surface area contributed by atoms with Crippen LogP contribution < -0.4 is 15.2 Å². The molecule has 3 N–H and O–H groups in total. The van der Waals surface area contributed by atoms with Crippen LogP contribution >= 0.6 is 0 Å². The van der Waals surface area contributed by atoms with Crippen LogP contribution in [0.2, 0.25) is 0 Å². The molecule has 0 spiro atoms. The Labute approximate surface area is 249 Å². The molecule has 42 heavy (non-hydrogen) atoms. The van der Waals surface area contributed by atoms with E-state index in [9.17, 15) is 24.3 Å². The SMILES string of the molecule is CCCCCC(=O)O[C@@H](C)[C@@H](C)[C@](N)(Cc1ccc(OC(=O)OC(C)(C)CC)c(OC(=O)OC(C)(C)CC)c1)C(=O)O. The van der Waals surface area contributed by atoms with E-state index in [2.05, 4.69) is 0 Å². The first kappa shape index (κ1) is 36.7. The number of hydrogen-bond acceptors (Lipinski definition) is 10. The maximum absolute atomic E-state index is 12.6. The fourth-order valence-corrected chi connectivity index (χ4v) is 3.72.